The predicted molar refractivity (Wildman–Crippen MR) is 105 cm³/mol. The molecule has 0 aromatic heterocycles. The van der Waals surface area contributed by atoms with Gasteiger partial charge in [0.05, 0.1) is 18.4 Å². The average molecular weight is 447 g/mol. The van der Waals surface area contributed by atoms with E-state index in [0.29, 0.717) is 11.4 Å². The van der Waals surface area contributed by atoms with Crippen LogP contribution in [0.3, 0.4) is 0 Å². The van der Waals surface area contributed by atoms with Crippen LogP contribution in [0.4, 0.5) is 24.5 Å². The van der Waals surface area contributed by atoms with E-state index < -0.39 is 48.1 Å². The van der Waals surface area contributed by atoms with E-state index >= 15 is 0 Å². The second kappa shape index (κ2) is 7.94. The highest BCUT2D eigenvalue weighted by Gasteiger charge is 2.55. The maximum Gasteiger partial charge on any atom is 0.416 e. The summed E-state index contributed by atoms with van der Waals surface area (Å²) in [5.41, 5.74) is -0.659. The summed E-state index contributed by atoms with van der Waals surface area (Å²) in [5, 5.41) is 10.9. The number of hydrogen-bond acceptors (Lipinski definition) is 7. The number of anilines is 2. The first-order valence-corrected chi connectivity index (χ1v) is 9.35. The molecule has 0 unspecified atom stereocenters. The Kier molecular flexibility index (Phi) is 5.28. The number of nitrogens with zero attached hydrogens (tertiary/aromatic N) is 4. The molecule has 2 aromatic rings. The maximum absolute atomic E-state index is 12.9. The Bertz CT molecular complexity index is 1100. The van der Waals surface area contributed by atoms with Crippen LogP contribution in [0.15, 0.2) is 58.9 Å². The number of fused-ring (bicyclic) bond motifs is 1. The zero-order valence-electron chi connectivity index (χ0n) is 16.5. The van der Waals surface area contributed by atoms with Crippen LogP contribution in [0.1, 0.15) is 5.56 Å². The molecule has 2 heterocycles. The SMILES string of the molecule is COc1ccc(N2C(=O)[C@H]3N=NN(CC(=O)Nc4cccc(C(F)(F)F)c4)[C@@H]3C2=O)cc1. The van der Waals surface area contributed by atoms with Crippen molar-refractivity contribution >= 4 is 29.1 Å². The minimum Gasteiger partial charge on any atom is -0.497 e. The van der Waals surface area contributed by atoms with Crippen molar-refractivity contribution in [3.8, 4) is 5.75 Å². The van der Waals surface area contributed by atoms with Crippen molar-refractivity contribution in [3.63, 3.8) is 0 Å². The normalized spacial score (nSPS) is 20.0. The molecule has 32 heavy (non-hydrogen) atoms. The smallest absolute Gasteiger partial charge is 0.416 e. The highest BCUT2D eigenvalue weighted by Crippen LogP contribution is 2.33. The van der Waals surface area contributed by atoms with Crippen molar-refractivity contribution < 1.29 is 32.3 Å². The van der Waals surface area contributed by atoms with Gasteiger partial charge in [-0.15, -0.1) is 0 Å². The Morgan fingerprint density at radius 3 is 2.50 bits per heavy atom. The summed E-state index contributed by atoms with van der Waals surface area (Å²) >= 11 is 0. The first kappa shape index (κ1) is 21.3. The molecule has 2 atom stereocenters. The van der Waals surface area contributed by atoms with Crippen molar-refractivity contribution in [2.45, 2.75) is 18.3 Å². The molecule has 2 aliphatic heterocycles. The highest BCUT2D eigenvalue weighted by atomic mass is 19.4. The van der Waals surface area contributed by atoms with Crippen LogP contribution < -0.4 is 15.0 Å². The van der Waals surface area contributed by atoms with Crippen LogP contribution >= 0.6 is 0 Å². The number of carbonyl (C=O) groups excluding carboxylic acids is 3. The lowest BCUT2D eigenvalue weighted by atomic mass is 10.1. The van der Waals surface area contributed by atoms with E-state index in [9.17, 15) is 27.6 Å². The molecule has 0 saturated carbocycles. The zero-order valence-corrected chi connectivity index (χ0v) is 16.5. The third-order valence-corrected chi connectivity index (χ3v) is 4.97. The number of benzene rings is 2. The van der Waals surface area contributed by atoms with Crippen LogP contribution in [0.5, 0.6) is 5.75 Å². The molecule has 1 saturated heterocycles. The van der Waals surface area contributed by atoms with E-state index in [1.54, 1.807) is 12.1 Å². The topological polar surface area (TPSA) is 104 Å². The summed E-state index contributed by atoms with van der Waals surface area (Å²) in [6.45, 7) is -0.476. The number of nitrogens with one attached hydrogen (secondary N) is 1. The van der Waals surface area contributed by atoms with Crippen LogP contribution in [-0.2, 0) is 20.6 Å². The molecule has 12 heteroatoms. The van der Waals surface area contributed by atoms with Gasteiger partial charge >= 0.3 is 6.18 Å². The summed E-state index contributed by atoms with van der Waals surface area (Å²) in [4.78, 5) is 38.9. The summed E-state index contributed by atoms with van der Waals surface area (Å²) in [5.74, 6) is -1.37. The fourth-order valence-electron chi connectivity index (χ4n) is 3.46. The van der Waals surface area contributed by atoms with Crippen molar-refractivity contribution in [2.24, 2.45) is 10.3 Å². The molecule has 0 radical (unpaired) electrons. The molecule has 2 aliphatic rings. The number of hydrogen-bond donors (Lipinski definition) is 1. The van der Waals surface area contributed by atoms with Gasteiger partial charge in [0.15, 0.2) is 12.1 Å². The molecule has 0 aliphatic carbocycles. The highest BCUT2D eigenvalue weighted by molar-refractivity contribution is 6.25. The molecule has 166 valence electrons. The lowest BCUT2D eigenvalue weighted by Gasteiger charge is -2.20. The standard InChI is InChI=1S/C20H16F3N5O4/c1-32-14-7-5-13(6-8-14)28-18(30)16-17(19(28)31)27(26-25-16)10-15(29)24-12-4-2-3-11(9-12)20(21,22)23/h2-9,16-17H,10H2,1H3,(H,24,29)/t16-,17-/m0/s1. The fourth-order valence-corrected chi connectivity index (χ4v) is 3.46. The molecule has 9 nitrogen and oxygen atoms in total. The van der Waals surface area contributed by atoms with E-state index in [1.165, 1.54) is 25.3 Å². The number of methoxy groups -OCH3 is 1. The van der Waals surface area contributed by atoms with Crippen molar-refractivity contribution in [3.05, 3.63) is 54.1 Å². The quantitative estimate of drug-likeness (QED) is 0.710. The first-order chi connectivity index (χ1) is 15.2. The molecule has 1 fully saturated rings. The van der Waals surface area contributed by atoms with Gasteiger partial charge in [-0.3, -0.25) is 19.4 Å². The molecule has 3 amide bonds. The monoisotopic (exact) mass is 447 g/mol. The number of ether oxygens (including phenoxy) is 1. The van der Waals surface area contributed by atoms with Gasteiger partial charge in [0.2, 0.25) is 5.91 Å². The number of alkyl halides is 3. The third-order valence-electron chi connectivity index (χ3n) is 4.97. The van der Waals surface area contributed by atoms with Gasteiger partial charge in [0.25, 0.3) is 11.8 Å². The zero-order chi connectivity index (χ0) is 23.0. The second-order valence-electron chi connectivity index (χ2n) is 7.03. The van der Waals surface area contributed by atoms with Gasteiger partial charge in [0, 0.05) is 5.69 Å². The Balaban J connectivity index is 1.46. The molecular weight excluding hydrogens is 431 g/mol. The Hall–Kier alpha value is -3.96. The molecule has 2 aromatic carbocycles. The molecule has 0 bridgehead atoms. The van der Waals surface area contributed by atoms with Gasteiger partial charge in [-0.05, 0) is 42.5 Å². The number of rotatable bonds is 5. The van der Waals surface area contributed by atoms with E-state index in [-0.39, 0.29) is 5.69 Å². The molecule has 0 spiro atoms. The number of carbonyl (C=O) groups is 3. The summed E-state index contributed by atoms with van der Waals surface area (Å²) in [7, 11) is 1.48. The van der Waals surface area contributed by atoms with Crippen LogP contribution in [0, 0.1) is 0 Å². The Morgan fingerprint density at radius 2 is 1.84 bits per heavy atom. The summed E-state index contributed by atoms with van der Waals surface area (Å²) in [6, 6.07) is 8.18. The number of halogens is 3. The van der Waals surface area contributed by atoms with E-state index in [2.05, 4.69) is 15.7 Å². The average Bonchev–Trinajstić information content (AvgIpc) is 3.27. The predicted octanol–water partition coefficient (Wildman–Crippen LogP) is 2.65. The Labute approximate surface area is 179 Å². The van der Waals surface area contributed by atoms with Gasteiger partial charge in [-0.2, -0.15) is 18.3 Å². The van der Waals surface area contributed by atoms with Crippen LogP contribution in [-0.4, -0.2) is 48.5 Å². The van der Waals surface area contributed by atoms with E-state index in [1.807, 2.05) is 0 Å². The number of imide groups is 1. The lowest BCUT2D eigenvalue weighted by Crippen LogP contribution is -2.43. The van der Waals surface area contributed by atoms with Crippen molar-refractivity contribution in [1.29, 1.82) is 0 Å². The van der Waals surface area contributed by atoms with Gasteiger partial charge in [-0.1, -0.05) is 11.3 Å². The second-order valence-corrected chi connectivity index (χ2v) is 7.03. The summed E-state index contributed by atoms with van der Waals surface area (Å²) < 4.78 is 43.6. The lowest BCUT2D eigenvalue weighted by molar-refractivity contribution is -0.137. The van der Waals surface area contributed by atoms with Crippen molar-refractivity contribution in [1.82, 2.24) is 5.01 Å². The van der Waals surface area contributed by atoms with Crippen molar-refractivity contribution in [2.75, 3.05) is 23.9 Å². The third kappa shape index (κ3) is 3.86. The maximum atomic E-state index is 12.9. The molecule has 4 rings (SSSR count). The minimum absolute atomic E-state index is 0.0637. The first-order valence-electron chi connectivity index (χ1n) is 9.35. The van der Waals surface area contributed by atoms with Gasteiger partial charge in [-0.25, -0.2) is 4.90 Å². The summed E-state index contributed by atoms with van der Waals surface area (Å²) in [6.07, 6.45) is -4.56. The molecular formula is C20H16F3N5O4. The van der Waals surface area contributed by atoms with E-state index in [0.717, 1.165) is 28.1 Å². The van der Waals surface area contributed by atoms with Crippen LogP contribution in [0.25, 0.3) is 0 Å². The number of amides is 3. The minimum atomic E-state index is -4.56. The Morgan fingerprint density at radius 1 is 1.12 bits per heavy atom. The van der Waals surface area contributed by atoms with Gasteiger partial charge in [0.1, 0.15) is 12.3 Å². The largest absolute Gasteiger partial charge is 0.497 e. The van der Waals surface area contributed by atoms with Gasteiger partial charge < -0.3 is 10.1 Å². The van der Waals surface area contributed by atoms with Crippen LogP contribution in [0.2, 0.25) is 0 Å². The van der Waals surface area contributed by atoms with E-state index in [4.69, 9.17) is 4.74 Å². The fraction of sp³-hybridized carbons (Fsp3) is 0.250. The molecule has 1 N–H and O–H groups in total.